The molecule has 0 unspecified atom stereocenters. The van der Waals surface area contributed by atoms with Crippen LogP contribution in [0.15, 0.2) is 67.0 Å². The number of pyridine rings is 1. The molecule has 0 spiro atoms. The topological polar surface area (TPSA) is 53.2 Å². The number of anilines is 1. The zero-order chi connectivity index (χ0) is 22.5. The molecule has 2 aromatic carbocycles. The van der Waals surface area contributed by atoms with Crippen molar-refractivity contribution in [1.29, 1.82) is 0 Å². The number of thiocarbonyl (C=S) groups is 1. The van der Waals surface area contributed by atoms with E-state index in [2.05, 4.69) is 33.2 Å². The first-order valence-electron chi connectivity index (χ1n) is 10.4. The lowest BCUT2D eigenvalue weighted by Gasteiger charge is -2.26. The van der Waals surface area contributed by atoms with Crippen LogP contribution in [0.3, 0.4) is 0 Å². The summed E-state index contributed by atoms with van der Waals surface area (Å²) in [6.07, 6.45) is 4.36. The normalized spacial score (nSPS) is 10.8. The van der Waals surface area contributed by atoms with Crippen LogP contribution in [0.2, 0.25) is 0 Å². The van der Waals surface area contributed by atoms with Crippen molar-refractivity contribution in [3.05, 3.63) is 89.6 Å². The first-order chi connectivity index (χ1) is 15.5. The number of ether oxygens (including phenoxy) is 1. The molecule has 5 nitrogen and oxygen atoms in total. The molecule has 0 bridgehead atoms. The molecule has 0 saturated heterocycles. The van der Waals surface area contributed by atoms with E-state index in [1.165, 1.54) is 17.7 Å². The largest absolute Gasteiger partial charge is 0.497 e. The van der Waals surface area contributed by atoms with Crippen molar-refractivity contribution < 1.29 is 9.13 Å². The molecule has 164 valence electrons. The van der Waals surface area contributed by atoms with E-state index >= 15 is 0 Å². The summed E-state index contributed by atoms with van der Waals surface area (Å²) in [5, 5.41) is 4.85. The Balaban J connectivity index is 1.57. The van der Waals surface area contributed by atoms with Crippen LogP contribution in [-0.4, -0.2) is 33.6 Å². The van der Waals surface area contributed by atoms with E-state index in [0.717, 1.165) is 34.3 Å². The van der Waals surface area contributed by atoms with Gasteiger partial charge >= 0.3 is 0 Å². The number of rotatable bonds is 7. The Morgan fingerprint density at radius 2 is 2.06 bits per heavy atom. The number of halogens is 1. The molecule has 4 aromatic rings. The number of nitrogens with one attached hydrogen (secondary N) is 2. The van der Waals surface area contributed by atoms with Gasteiger partial charge in [0.1, 0.15) is 11.6 Å². The molecule has 0 saturated carbocycles. The molecule has 0 aliphatic heterocycles. The van der Waals surface area contributed by atoms with Gasteiger partial charge in [-0.2, -0.15) is 0 Å². The average Bonchev–Trinajstić information content (AvgIpc) is 3.11. The molecular formula is C25H25FN4OS. The molecule has 0 atom stereocenters. The lowest BCUT2D eigenvalue weighted by molar-refractivity contribution is 0.415. The summed E-state index contributed by atoms with van der Waals surface area (Å²) in [5.41, 5.74) is 5.10. The van der Waals surface area contributed by atoms with Crippen LogP contribution in [0.1, 0.15) is 16.8 Å². The van der Waals surface area contributed by atoms with Crippen LogP contribution < -0.4 is 10.1 Å². The molecule has 2 heterocycles. The molecule has 2 aromatic heterocycles. The predicted molar refractivity (Wildman–Crippen MR) is 131 cm³/mol. The summed E-state index contributed by atoms with van der Waals surface area (Å²) in [7, 11) is 1.67. The maximum Gasteiger partial charge on any atom is 0.173 e. The van der Waals surface area contributed by atoms with Gasteiger partial charge in [-0.1, -0.05) is 12.1 Å². The molecule has 0 radical (unpaired) electrons. The van der Waals surface area contributed by atoms with Gasteiger partial charge in [-0.3, -0.25) is 4.98 Å². The monoisotopic (exact) mass is 448 g/mol. The van der Waals surface area contributed by atoms with Gasteiger partial charge < -0.3 is 19.9 Å². The molecule has 0 fully saturated rings. The highest BCUT2D eigenvalue weighted by Crippen LogP contribution is 2.27. The third-order valence-electron chi connectivity index (χ3n) is 5.42. The highest BCUT2D eigenvalue weighted by atomic mass is 32.1. The van der Waals surface area contributed by atoms with Gasteiger partial charge in [0.2, 0.25) is 0 Å². The van der Waals surface area contributed by atoms with Crippen LogP contribution in [0, 0.1) is 12.7 Å². The van der Waals surface area contributed by atoms with Crippen molar-refractivity contribution in [3.63, 3.8) is 0 Å². The Kier molecular flexibility index (Phi) is 6.66. The highest BCUT2D eigenvalue weighted by molar-refractivity contribution is 7.80. The van der Waals surface area contributed by atoms with Gasteiger partial charge in [0.05, 0.1) is 7.11 Å². The van der Waals surface area contributed by atoms with Crippen LogP contribution >= 0.6 is 12.2 Å². The second-order valence-electron chi connectivity index (χ2n) is 7.61. The maximum absolute atomic E-state index is 13.6. The quantitative estimate of drug-likeness (QED) is 0.368. The molecule has 0 aliphatic carbocycles. The Hall–Kier alpha value is -3.45. The number of nitrogens with zero attached hydrogens (tertiary/aromatic N) is 2. The number of methoxy groups -OCH3 is 1. The van der Waals surface area contributed by atoms with Gasteiger partial charge in [-0.25, -0.2) is 4.39 Å². The Morgan fingerprint density at radius 3 is 2.81 bits per heavy atom. The van der Waals surface area contributed by atoms with E-state index in [9.17, 15) is 4.39 Å². The second kappa shape index (κ2) is 9.78. The third-order valence-corrected chi connectivity index (χ3v) is 5.78. The number of hydrogen-bond acceptors (Lipinski definition) is 3. The predicted octanol–water partition coefficient (Wildman–Crippen LogP) is 5.46. The molecule has 2 N–H and O–H groups in total. The lowest BCUT2D eigenvalue weighted by Crippen LogP contribution is -2.36. The fraction of sp³-hybridized carbons (Fsp3) is 0.200. The minimum Gasteiger partial charge on any atom is -0.497 e. The van der Waals surface area contributed by atoms with E-state index in [1.54, 1.807) is 25.4 Å². The van der Waals surface area contributed by atoms with Gasteiger partial charge in [0, 0.05) is 47.8 Å². The number of aromatic nitrogens is 2. The van der Waals surface area contributed by atoms with Crippen molar-refractivity contribution in [2.24, 2.45) is 0 Å². The zero-order valence-corrected chi connectivity index (χ0v) is 18.9. The molecule has 0 aliphatic rings. The summed E-state index contributed by atoms with van der Waals surface area (Å²) in [5.74, 6) is 0.522. The molecule has 4 rings (SSSR count). The first-order valence-corrected chi connectivity index (χ1v) is 10.8. The fourth-order valence-corrected chi connectivity index (χ4v) is 4.06. The number of benzene rings is 2. The first kappa shape index (κ1) is 21.8. The van der Waals surface area contributed by atoms with E-state index in [1.807, 2.05) is 30.5 Å². The summed E-state index contributed by atoms with van der Waals surface area (Å²) >= 11 is 5.71. The van der Waals surface area contributed by atoms with Gasteiger partial charge in [-0.15, -0.1) is 0 Å². The van der Waals surface area contributed by atoms with Crippen molar-refractivity contribution in [2.75, 3.05) is 19.0 Å². The third kappa shape index (κ3) is 5.06. The van der Waals surface area contributed by atoms with Crippen LogP contribution in [-0.2, 0) is 13.0 Å². The minimum atomic E-state index is -0.306. The van der Waals surface area contributed by atoms with Crippen LogP contribution in [0.25, 0.3) is 10.9 Å². The number of aromatic amines is 1. The Labute approximate surface area is 192 Å². The molecule has 7 heteroatoms. The fourth-order valence-electron chi connectivity index (χ4n) is 3.79. The number of fused-ring (bicyclic) bond motifs is 1. The Morgan fingerprint density at radius 1 is 1.19 bits per heavy atom. The SMILES string of the molecule is COc1ccc2[nH]c(C)c(CCN(Cc3cccnc3)C(=S)Nc3cccc(F)c3)c2c1. The summed E-state index contributed by atoms with van der Waals surface area (Å²) in [6, 6.07) is 16.3. The van der Waals surface area contributed by atoms with E-state index in [4.69, 9.17) is 17.0 Å². The average molecular weight is 449 g/mol. The number of aryl methyl sites for hydroxylation is 1. The van der Waals surface area contributed by atoms with Crippen LogP contribution in [0.5, 0.6) is 5.75 Å². The van der Waals surface area contributed by atoms with Gasteiger partial charge in [0.25, 0.3) is 0 Å². The lowest BCUT2D eigenvalue weighted by atomic mass is 10.1. The highest BCUT2D eigenvalue weighted by Gasteiger charge is 2.15. The molecule has 32 heavy (non-hydrogen) atoms. The van der Waals surface area contributed by atoms with Gasteiger partial charge in [0.15, 0.2) is 5.11 Å². The summed E-state index contributed by atoms with van der Waals surface area (Å²) < 4.78 is 19.0. The van der Waals surface area contributed by atoms with E-state index in [-0.39, 0.29) is 5.82 Å². The maximum atomic E-state index is 13.6. The van der Waals surface area contributed by atoms with Crippen LogP contribution in [0.4, 0.5) is 10.1 Å². The minimum absolute atomic E-state index is 0.306. The number of hydrogen-bond donors (Lipinski definition) is 2. The van der Waals surface area contributed by atoms with E-state index in [0.29, 0.717) is 23.9 Å². The second-order valence-corrected chi connectivity index (χ2v) is 8.00. The Bertz CT molecular complexity index is 1230. The van der Waals surface area contributed by atoms with Crippen molar-refractivity contribution in [2.45, 2.75) is 19.9 Å². The number of H-pyrrole nitrogens is 1. The summed E-state index contributed by atoms with van der Waals surface area (Å²) in [6.45, 7) is 3.36. The van der Waals surface area contributed by atoms with Crippen molar-refractivity contribution in [3.8, 4) is 5.75 Å². The smallest absolute Gasteiger partial charge is 0.173 e. The van der Waals surface area contributed by atoms with Gasteiger partial charge in [-0.05, 0) is 79.2 Å². The summed E-state index contributed by atoms with van der Waals surface area (Å²) in [4.78, 5) is 9.75. The molecule has 0 amide bonds. The van der Waals surface area contributed by atoms with Crippen molar-refractivity contribution >= 4 is 33.9 Å². The van der Waals surface area contributed by atoms with E-state index < -0.39 is 0 Å². The molecular weight excluding hydrogens is 423 g/mol. The van der Waals surface area contributed by atoms with Crippen molar-refractivity contribution in [1.82, 2.24) is 14.9 Å². The standard InChI is InChI=1S/C25H25FN4OS/c1-17-22(23-14-21(31-2)8-9-24(23)28-17)10-12-30(16-18-5-4-11-27-15-18)25(32)29-20-7-3-6-19(26)13-20/h3-9,11,13-15,28H,10,12,16H2,1-2H3,(H,29,32). The zero-order valence-electron chi connectivity index (χ0n) is 18.1.